The molecule has 2 amide bonds. The van der Waals surface area contributed by atoms with Crippen LogP contribution in [-0.2, 0) is 14.3 Å². The molecule has 0 aromatic heterocycles. The number of likely N-dealkylation sites (N-methyl/N-ethyl adjacent to an activating group) is 1. The lowest BCUT2D eigenvalue weighted by atomic mass is 9.83. The van der Waals surface area contributed by atoms with Crippen molar-refractivity contribution in [3.63, 3.8) is 0 Å². The first-order chi connectivity index (χ1) is 12.3. The van der Waals surface area contributed by atoms with Gasteiger partial charge in [0.2, 0.25) is 11.8 Å². The van der Waals surface area contributed by atoms with Crippen LogP contribution in [-0.4, -0.2) is 73.2 Å². The number of carbonyl (C=O) groups excluding carboxylic acids is 2. The fourth-order valence-electron chi connectivity index (χ4n) is 4.84. The maximum absolute atomic E-state index is 13.3. The van der Waals surface area contributed by atoms with Gasteiger partial charge in [-0.2, -0.15) is 0 Å². The molecule has 2 heterocycles. The predicted molar refractivity (Wildman–Crippen MR) is 99.6 cm³/mol. The number of hydrogen-bond donors (Lipinski definition) is 1. The minimum atomic E-state index is -0.554. The summed E-state index contributed by atoms with van der Waals surface area (Å²) in [5.74, 6) is 0.984. The number of amides is 2. The fraction of sp³-hybridized carbons (Fsp3) is 0.900. The molecule has 3 aliphatic rings. The van der Waals surface area contributed by atoms with Gasteiger partial charge in [0.25, 0.3) is 0 Å². The minimum Gasteiger partial charge on any atom is -0.353 e. The van der Waals surface area contributed by atoms with Crippen molar-refractivity contribution in [2.45, 2.75) is 64.6 Å². The van der Waals surface area contributed by atoms with E-state index in [9.17, 15) is 9.59 Å². The number of nitrogens with zero attached hydrogens (tertiary/aromatic N) is 2. The zero-order valence-electron chi connectivity index (χ0n) is 16.9. The topological polar surface area (TPSA) is 54.3 Å². The molecule has 1 N–H and O–H groups in total. The molecule has 148 valence electrons. The zero-order valence-corrected chi connectivity index (χ0v) is 16.9. The van der Waals surface area contributed by atoms with E-state index >= 15 is 0 Å². The van der Waals surface area contributed by atoms with Crippen LogP contribution in [0.4, 0.5) is 0 Å². The Kier molecular flexibility index (Phi) is 5.92. The molecule has 1 saturated carbocycles. The lowest BCUT2D eigenvalue weighted by Crippen LogP contribution is -3.12. The molecule has 1 spiro atoms. The Morgan fingerprint density at radius 3 is 2.58 bits per heavy atom. The van der Waals surface area contributed by atoms with Gasteiger partial charge in [-0.25, -0.2) is 0 Å². The van der Waals surface area contributed by atoms with Gasteiger partial charge >= 0.3 is 0 Å². The van der Waals surface area contributed by atoms with Gasteiger partial charge in [-0.05, 0) is 31.1 Å². The van der Waals surface area contributed by atoms with Crippen LogP contribution in [0.3, 0.4) is 0 Å². The quantitative estimate of drug-likeness (QED) is 0.792. The highest BCUT2D eigenvalue weighted by atomic mass is 16.5. The standard InChI is InChI=1S/C20H35N3O3/c1-15(2)12-18(24)23-17(19(25)22-10-8-21(4)9-11-22)14-26-20(23)7-5-6-16(3)13-20/h15-17H,5-14H2,1-4H3/p+1/t16-,17+,20+/m1/s1. The van der Waals surface area contributed by atoms with E-state index in [1.165, 1.54) is 11.3 Å². The molecule has 2 aliphatic heterocycles. The van der Waals surface area contributed by atoms with Crippen molar-refractivity contribution in [3.8, 4) is 0 Å². The van der Waals surface area contributed by atoms with Crippen LogP contribution in [0.1, 0.15) is 52.9 Å². The highest BCUT2D eigenvalue weighted by molar-refractivity contribution is 5.89. The van der Waals surface area contributed by atoms with E-state index in [1.54, 1.807) is 0 Å². The van der Waals surface area contributed by atoms with Crippen LogP contribution < -0.4 is 4.90 Å². The molecule has 0 radical (unpaired) electrons. The summed E-state index contributed by atoms with van der Waals surface area (Å²) >= 11 is 0. The van der Waals surface area contributed by atoms with Gasteiger partial charge in [-0.3, -0.25) is 14.5 Å². The lowest BCUT2D eigenvalue weighted by molar-refractivity contribution is -0.883. The second-order valence-corrected chi connectivity index (χ2v) is 9.12. The number of nitrogens with one attached hydrogen (secondary N) is 1. The Morgan fingerprint density at radius 1 is 1.27 bits per heavy atom. The molecule has 1 aliphatic carbocycles. The van der Waals surface area contributed by atoms with Crippen molar-refractivity contribution in [1.82, 2.24) is 9.80 Å². The van der Waals surface area contributed by atoms with Crippen LogP contribution in [0.2, 0.25) is 0 Å². The lowest BCUT2D eigenvalue weighted by Gasteiger charge is -2.44. The number of hydrogen-bond acceptors (Lipinski definition) is 3. The smallest absolute Gasteiger partial charge is 0.248 e. The summed E-state index contributed by atoms with van der Waals surface area (Å²) in [6.45, 7) is 10.2. The third-order valence-corrected chi connectivity index (χ3v) is 6.26. The van der Waals surface area contributed by atoms with Crippen molar-refractivity contribution in [3.05, 3.63) is 0 Å². The number of ether oxygens (including phenoxy) is 1. The Hall–Kier alpha value is -1.14. The summed E-state index contributed by atoms with van der Waals surface area (Å²) < 4.78 is 6.27. The monoisotopic (exact) mass is 366 g/mol. The van der Waals surface area contributed by atoms with E-state index in [1.807, 2.05) is 9.80 Å². The molecule has 6 nitrogen and oxygen atoms in total. The zero-order chi connectivity index (χ0) is 18.9. The van der Waals surface area contributed by atoms with Gasteiger partial charge in [-0.1, -0.05) is 27.2 Å². The molecule has 3 fully saturated rings. The van der Waals surface area contributed by atoms with Crippen molar-refractivity contribution >= 4 is 11.8 Å². The summed E-state index contributed by atoms with van der Waals surface area (Å²) in [4.78, 5) is 31.7. The fourth-order valence-corrected chi connectivity index (χ4v) is 4.84. The van der Waals surface area contributed by atoms with E-state index < -0.39 is 11.8 Å². The molecule has 0 aromatic rings. The van der Waals surface area contributed by atoms with Gasteiger partial charge in [0, 0.05) is 6.42 Å². The molecule has 0 unspecified atom stereocenters. The van der Waals surface area contributed by atoms with Gasteiger partial charge in [0.1, 0.15) is 11.8 Å². The second-order valence-electron chi connectivity index (χ2n) is 9.12. The number of rotatable bonds is 3. The first kappa shape index (κ1) is 19.6. The predicted octanol–water partition coefficient (Wildman–Crippen LogP) is 0.523. The molecule has 6 heteroatoms. The van der Waals surface area contributed by atoms with Gasteiger partial charge in [0.05, 0.1) is 39.8 Å². The molecule has 2 saturated heterocycles. The second kappa shape index (κ2) is 7.85. The molecule has 3 atom stereocenters. The summed E-state index contributed by atoms with van der Waals surface area (Å²) in [5.41, 5.74) is -0.554. The first-order valence-corrected chi connectivity index (χ1v) is 10.4. The van der Waals surface area contributed by atoms with Crippen LogP contribution in [0.15, 0.2) is 0 Å². The molecule has 0 bridgehead atoms. The van der Waals surface area contributed by atoms with E-state index in [-0.39, 0.29) is 17.7 Å². The van der Waals surface area contributed by atoms with E-state index in [2.05, 4.69) is 27.8 Å². The Labute approximate surface area is 157 Å². The van der Waals surface area contributed by atoms with Crippen molar-refractivity contribution in [2.75, 3.05) is 39.8 Å². The number of carbonyl (C=O) groups is 2. The van der Waals surface area contributed by atoms with Crippen LogP contribution in [0.5, 0.6) is 0 Å². The highest BCUT2D eigenvalue weighted by Gasteiger charge is 2.54. The Morgan fingerprint density at radius 2 is 1.96 bits per heavy atom. The average molecular weight is 367 g/mol. The molecular formula is C20H36N3O3+. The van der Waals surface area contributed by atoms with Crippen molar-refractivity contribution < 1.29 is 19.2 Å². The van der Waals surface area contributed by atoms with Crippen molar-refractivity contribution in [1.29, 1.82) is 0 Å². The van der Waals surface area contributed by atoms with Crippen molar-refractivity contribution in [2.24, 2.45) is 11.8 Å². The van der Waals surface area contributed by atoms with E-state index in [0.29, 0.717) is 18.9 Å². The van der Waals surface area contributed by atoms with Gasteiger partial charge in [-0.15, -0.1) is 0 Å². The van der Waals surface area contributed by atoms with Gasteiger partial charge < -0.3 is 14.5 Å². The summed E-state index contributed by atoms with van der Waals surface area (Å²) in [7, 11) is 2.16. The third-order valence-electron chi connectivity index (χ3n) is 6.26. The number of quaternary nitrogens is 1. The Balaban J connectivity index is 1.81. The normalized spacial score (nSPS) is 33.3. The average Bonchev–Trinajstić information content (AvgIpc) is 2.92. The highest BCUT2D eigenvalue weighted by Crippen LogP contribution is 2.43. The molecule has 3 rings (SSSR count). The van der Waals surface area contributed by atoms with Crippen LogP contribution in [0, 0.1) is 11.8 Å². The van der Waals surface area contributed by atoms with E-state index in [4.69, 9.17) is 4.74 Å². The van der Waals surface area contributed by atoms with E-state index in [0.717, 1.165) is 45.4 Å². The van der Waals surface area contributed by atoms with Crippen LogP contribution in [0.25, 0.3) is 0 Å². The maximum Gasteiger partial charge on any atom is 0.248 e. The SMILES string of the molecule is CC(C)CC(=O)N1[C@H](C(=O)N2CC[NH+](C)CC2)CO[C@]12CCC[C@@H](C)C2. The van der Waals surface area contributed by atoms with Crippen LogP contribution >= 0.6 is 0 Å². The Bertz CT molecular complexity index is 530. The summed E-state index contributed by atoms with van der Waals surface area (Å²) in [5, 5.41) is 0. The molecule has 26 heavy (non-hydrogen) atoms. The first-order valence-electron chi connectivity index (χ1n) is 10.4. The maximum atomic E-state index is 13.3. The largest absolute Gasteiger partial charge is 0.353 e. The third kappa shape index (κ3) is 3.91. The summed E-state index contributed by atoms with van der Waals surface area (Å²) in [6, 6.07) is -0.440. The number of piperazine rings is 1. The minimum absolute atomic E-state index is 0.0877. The van der Waals surface area contributed by atoms with Gasteiger partial charge in [0.15, 0.2) is 0 Å². The summed E-state index contributed by atoms with van der Waals surface area (Å²) in [6.07, 6.45) is 4.43. The molecule has 0 aromatic carbocycles. The molecular weight excluding hydrogens is 330 g/mol.